The fraction of sp³-hybridized carbons (Fsp3) is 0.273. The van der Waals surface area contributed by atoms with Gasteiger partial charge in [-0.1, -0.05) is 13.0 Å². The smallest absolute Gasteiger partial charge is 0.153 e. The van der Waals surface area contributed by atoms with Gasteiger partial charge in [0, 0.05) is 18.9 Å². The van der Waals surface area contributed by atoms with E-state index >= 15 is 0 Å². The lowest BCUT2D eigenvalue weighted by Crippen LogP contribution is -2.13. The van der Waals surface area contributed by atoms with E-state index in [2.05, 4.69) is 22.3 Å². The molecule has 0 spiro atoms. The zero-order chi connectivity index (χ0) is 10.5. The molecule has 2 rings (SSSR count). The van der Waals surface area contributed by atoms with Crippen LogP contribution in [0, 0.1) is 0 Å². The van der Waals surface area contributed by atoms with Crippen molar-refractivity contribution in [2.24, 2.45) is 0 Å². The number of nitrogens with zero attached hydrogens (tertiary/aromatic N) is 3. The monoisotopic (exact) mass is 202 g/mol. The van der Waals surface area contributed by atoms with Crippen molar-refractivity contribution < 1.29 is 0 Å². The van der Waals surface area contributed by atoms with Crippen molar-refractivity contribution in [1.82, 2.24) is 20.1 Å². The summed E-state index contributed by atoms with van der Waals surface area (Å²) in [6.45, 7) is 3.83. The summed E-state index contributed by atoms with van der Waals surface area (Å²) in [6, 6.07) is 7.84. The van der Waals surface area contributed by atoms with E-state index in [1.807, 2.05) is 30.5 Å². The Bertz CT molecular complexity index is 408. The molecule has 0 atom stereocenters. The maximum atomic E-state index is 4.49. The molecule has 0 radical (unpaired) electrons. The molecule has 1 N–H and O–H groups in total. The fourth-order valence-electron chi connectivity index (χ4n) is 1.35. The first kappa shape index (κ1) is 9.86. The molecule has 4 nitrogen and oxygen atoms in total. The van der Waals surface area contributed by atoms with Gasteiger partial charge in [-0.15, -0.1) is 0 Å². The van der Waals surface area contributed by atoms with E-state index in [0.29, 0.717) is 0 Å². The molecule has 0 aliphatic rings. The van der Waals surface area contributed by atoms with E-state index in [1.165, 1.54) is 0 Å². The van der Waals surface area contributed by atoms with Crippen LogP contribution in [0.1, 0.15) is 12.6 Å². The van der Waals surface area contributed by atoms with Crippen molar-refractivity contribution in [3.63, 3.8) is 0 Å². The van der Waals surface area contributed by atoms with Crippen LogP contribution < -0.4 is 5.32 Å². The topological polar surface area (TPSA) is 42.7 Å². The van der Waals surface area contributed by atoms with Crippen LogP contribution >= 0.6 is 0 Å². The molecule has 0 aliphatic carbocycles. The molecule has 0 aliphatic heterocycles. The van der Waals surface area contributed by atoms with E-state index in [0.717, 1.165) is 24.6 Å². The molecule has 4 heteroatoms. The predicted octanol–water partition coefficient (Wildman–Crippen LogP) is 1.38. The molecule has 0 bridgehead atoms. The second kappa shape index (κ2) is 4.70. The Balaban J connectivity index is 2.19. The maximum absolute atomic E-state index is 4.49. The highest BCUT2D eigenvalue weighted by molar-refractivity contribution is 5.23. The normalized spacial score (nSPS) is 10.5. The van der Waals surface area contributed by atoms with Gasteiger partial charge in [0.15, 0.2) is 5.82 Å². The van der Waals surface area contributed by atoms with Crippen LogP contribution in [0.3, 0.4) is 0 Å². The van der Waals surface area contributed by atoms with Gasteiger partial charge < -0.3 is 5.32 Å². The third-order valence-corrected chi connectivity index (χ3v) is 2.09. The van der Waals surface area contributed by atoms with Crippen LogP contribution in [-0.4, -0.2) is 21.3 Å². The molecule has 0 unspecified atom stereocenters. The molecule has 0 aromatic carbocycles. The minimum Gasteiger partial charge on any atom is -0.311 e. The van der Waals surface area contributed by atoms with Crippen LogP contribution in [0.25, 0.3) is 5.82 Å². The van der Waals surface area contributed by atoms with Gasteiger partial charge in [-0.05, 0) is 24.7 Å². The van der Waals surface area contributed by atoms with Crippen molar-refractivity contribution in [1.29, 1.82) is 0 Å². The predicted molar refractivity (Wildman–Crippen MR) is 58.7 cm³/mol. The summed E-state index contributed by atoms with van der Waals surface area (Å²) < 4.78 is 1.76. The fourth-order valence-corrected chi connectivity index (χ4v) is 1.35. The molecule has 0 amide bonds. The van der Waals surface area contributed by atoms with Gasteiger partial charge in [0.1, 0.15) is 0 Å². The molecule has 0 saturated heterocycles. The summed E-state index contributed by atoms with van der Waals surface area (Å²) in [7, 11) is 0. The molecule has 78 valence electrons. The van der Waals surface area contributed by atoms with Crippen LogP contribution in [-0.2, 0) is 6.54 Å². The van der Waals surface area contributed by atoms with Crippen molar-refractivity contribution in [3.8, 4) is 5.82 Å². The average Bonchev–Trinajstić information content (AvgIpc) is 2.80. The number of hydrogen-bond donors (Lipinski definition) is 1. The van der Waals surface area contributed by atoms with Gasteiger partial charge >= 0.3 is 0 Å². The summed E-state index contributed by atoms with van der Waals surface area (Å²) >= 11 is 0. The minimum atomic E-state index is 0.797. The average molecular weight is 202 g/mol. The third kappa shape index (κ3) is 2.41. The van der Waals surface area contributed by atoms with Gasteiger partial charge in [-0.2, -0.15) is 5.10 Å². The molecule has 2 aromatic heterocycles. The Kier molecular flexibility index (Phi) is 3.09. The first-order valence-electron chi connectivity index (χ1n) is 5.07. The second-order valence-corrected chi connectivity index (χ2v) is 3.22. The molecule has 0 saturated carbocycles. The highest BCUT2D eigenvalue weighted by atomic mass is 15.3. The van der Waals surface area contributed by atoms with Crippen molar-refractivity contribution >= 4 is 0 Å². The first-order chi connectivity index (χ1) is 7.40. The van der Waals surface area contributed by atoms with Gasteiger partial charge in [0.05, 0.1) is 5.69 Å². The van der Waals surface area contributed by atoms with Crippen molar-refractivity contribution in [2.75, 3.05) is 6.54 Å². The molecule has 2 aromatic rings. The quantitative estimate of drug-likeness (QED) is 0.814. The summed E-state index contributed by atoms with van der Waals surface area (Å²) in [5, 5.41) is 7.39. The van der Waals surface area contributed by atoms with Crippen molar-refractivity contribution in [3.05, 3.63) is 42.4 Å². The van der Waals surface area contributed by atoms with Crippen LogP contribution in [0.15, 0.2) is 36.7 Å². The van der Waals surface area contributed by atoms with E-state index in [9.17, 15) is 0 Å². The Morgan fingerprint density at radius 2 is 2.27 bits per heavy atom. The first-order valence-corrected chi connectivity index (χ1v) is 5.07. The van der Waals surface area contributed by atoms with E-state index in [4.69, 9.17) is 0 Å². The summed E-state index contributed by atoms with van der Waals surface area (Å²) in [5.74, 6) is 0.857. The van der Waals surface area contributed by atoms with Crippen molar-refractivity contribution in [2.45, 2.75) is 13.5 Å². The Morgan fingerprint density at radius 3 is 3.00 bits per heavy atom. The molecule has 0 fully saturated rings. The highest BCUT2D eigenvalue weighted by Gasteiger charge is 1.99. The van der Waals surface area contributed by atoms with Gasteiger partial charge in [0.25, 0.3) is 0 Å². The Hall–Kier alpha value is -1.68. The zero-order valence-corrected chi connectivity index (χ0v) is 8.72. The van der Waals surface area contributed by atoms with Crippen LogP contribution in [0.2, 0.25) is 0 Å². The number of pyridine rings is 1. The lowest BCUT2D eigenvalue weighted by atomic mass is 10.3. The lowest BCUT2D eigenvalue weighted by Gasteiger charge is -2.04. The van der Waals surface area contributed by atoms with Gasteiger partial charge in [-0.25, -0.2) is 9.67 Å². The van der Waals surface area contributed by atoms with E-state index in [1.54, 1.807) is 10.9 Å². The molecular weight excluding hydrogens is 188 g/mol. The van der Waals surface area contributed by atoms with Gasteiger partial charge in [0.2, 0.25) is 0 Å². The number of rotatable bonds is 4. The SMILES string of the molecule is CCNCc1cccc(-n2cccn2)n1. The van der Waals surface area contributed by atoms with Gasteiger partial charge in [-0.3, -0.25) is 0 Å². The zero-order valence-electron chi connectivity index (χ0n) is 8.72. The summed E-state index contributed by atoms with van der Waals surface area (Å²) in [5.41, 5.74) is 1.03. The minimum absolute atomic E-state index is 0.797. The lowest BCUT2D eigenvalue weighted by molar-refractivity contribution is 0.704. The molecule has 2 heterocycles. The standard InChI is InChI=1S/C11H14N4/c1-2-12-9-10-5-3-6-11(14-10)15-8-4-7-13-15/h3-8,12H,2,9H2,1H3. The van der Waals surface area contributed by atoms with Crippen LogP contribution in [0.4, 0.5) is 0 Å². The molecular formula is C11H14N4. The number of aromatic nitrogens is 3. The summed E-state index contributed by atoms with van der Waals surface area (Å²) in [6.07, 6.45) is 3.64. The number of nitrogens with one attached hydrogen (secondary N) is 1. The third-order valence-electron chi connectivity index (χ3n) is 2.09. The largest absolute Gasteiger partial charge is 0.311 e. The van der Waals surface area contributed by atoms with E-state index < -0.39 is 0 Å². The maximum Gasteiger partial charge on any atom is 0.153 e. The Labute approximate surface area is 89.0 Å². The Morgan fingerprint density at radius 1 is 1.33 bits per heavy atom. The summed E-state index contributed by atoms with van der Waals surface area (Å²) in [4.78, 5) is 4.49. The molecule has 15 heavy (non-hydrogen) atoms. The second-order valence-electron chi connectivity index (χ2n) is 3.22. The van der Waals surface area contributed by atoms with Crippen LogP contribution in [0.5, 0.6) is 0 Å². The number of hydrogen-bond acceptors (Lipinski definition) is 3. The van der Waals surface area contributed by atoms with E-state index in [-0.39, 0.29) is 0 Å². The highest BCUT2D eigenvalue weighted by Crippen LogP contribution is 2.03.